The van der Waals surface area contributed by atoms with Crippen LogP contribution in [0, 0.1) is 5.92 Å². The third-order valence-corrected chi connectivity index (χ3v) is 6.51. The number of fused-ring (bicyclic) bond motifs is 1. The van der Waals surface area contributed by atoms with E-state index in [-0.39, 0.29) is 12.5 Å². The summed E-state index contributed by atoms with van der Waals surface area (Å²) in [5.41, 5.74) is 0.636. The normalized spacial score (nSPS) is 12.7. The molecule has 0 saturated carbocycles. The maximum absolute atomic E-state index is 12.3. The number of hydrogen-bond donors (Lipinski definition) is 1. The molecule has 0 aliphatic rings. The summed E-state index contributed by atoms with van der Waals surface area (Å²) < 4.78 is 26.0. The van der Waals surface area contributed by atoms with Crippen LogP contribution in [0.3, 0.4) is 0 Å². The number of anilines is 1. The predicted octanol–water partition coefficient (Wildman–Crippen LogP) is 4.72. The second-order valence-electron chi connectivity index (χ2n) is 7.69. The number of carbonyl (C=O) groups excluding carboxylic acids is 1. The van der Waals surface area contributed by atoms with Gasteiger partial charge >= 0.3 is 0 Å². The van der Waals surface area contributed by atoms with Gasteiger partial charge in [0, 0.05) is 19.5 Å². The smallest absolute Gasteiger partial charge is 0.232 e. The summed E-state index contributed by atoms with van der Waals surface area (Å²) in [4.78, 5) is 12.2. The van der Waals surface area contributed by atoms with E-state index in [1.807, 2.05) is 42.5 Å². The minimum Gasteiger partial charge on any atom is -0.356 e. The number of hydrogen-bond acceptors (Lipinski definition) is 3. The van der Waals surface area contributed by atoms with Crippen molar-refractivity contribution in [3.8, 4) is 0 Å². The van der Waals surface area contributed by atoms with Crippen LogP contribution in [-0.2, 0) is 14.8 Å². The number of carbonyl (C=O) groups is 1. The summed E-state index contributed by atoms with van der Waals surface area (Å²) in [6, 6.07) is 13.5. The SMILES string of the molecule is CCCC[C@@H](CC)CNC(=O)CCCN(c1ccc2ccccc2c1)S(C)(=O)=O. The summed E-state index contributed by atoms with van der Waals surface area (Å²) in [6.07, 6.45) is 6.56. The van der Waals surface area contributed by atoms with Gasteiger partial charge in [-0.05, 0) is 41.7 Å². The highest BCUT2D eigenvalue weighted by molar-refractivity contribution is 7.92. The monoisotopic (exact) mass is 418 g/mol. The number of rotatable bonds is 12. The first-order valence-electron chi connectivity index (χ1n) is 10.6. The maximum atomic E-state index is 12.3. The topological polar surface area (TPSA) is 66.5 Å². The van der Waals surface area contributed by atoms with Gasteiger partial charge < -0.3 is 5.32 Å². The van der Waals surface area contributed by atoms with Gasteiger partial charge in [0.2, 0.25) is 15.9 Å². The van der Waals surface area contributed by atoms with Gasteiger partial charge in [0.05, 0.1) is 11.9 Å². The van der Waals surface area contributed by atoms with Crippen molar-refractivity contribution >= 4 is 32.4 Å². The lowest BCUT2D eigenvalue weighted by Crippen LogP contribution is -2.33. The molecule has 5 nitrogen and oxygen atoms in total. The molecule has 0 heterocycles. The Balaban J connectivity index is 1.93. The molecule has 29 heavy (non-hydrogen) atoms. The van der Waals surface area contributed by atoms with Crippen molar-refractivity contribution in [2.45, 2.75) is 52.4 Å². The average Bonchev–Trinajstić information content (AvgIpc) is 2.70. The molecule has 0 aromatic heterocycles. The first-order valence-corrected chi connectivity index (χ1v) is 12.4. The number of amides is 1. The zero-order valence-corrected chi connectivity index (χ0v) is 18.7. The lowest BCUT2D eigenvalue weighted by Gasteiger charge is -2.23. The van der Waals surface area contributed by atoms with E-state index in [0.29, 0.717) is 31.0 Å². The molecule has 2 aromatic rings. The van der Waals surface area contributed by atoms with Gasteiger partial charge in [-0.25, -0.2) is 8.42 Å². The van der Waals surface area contributed by atoms with Crippen molar-refractivity contribution in [1.82, 2.24) is 5.32 Å². The van der Waals surface area contributed by atoms with Crippen LogP contribution in [0.1, 0.15) is 52.4 Å². The van der Waals surface area contributed by atoms with Crippen LogP contribution in [0.4, 0.5) is 5.69 Å². The van der Waals surface area contributed by atoms with E-state index < -0.39 is 10.0 Å². The molecule has 0 bridgehead atoms. The van der Waals surface area contributed by atoms with Gasteiger partial charge in [-0.2, -0.15) is 0 Å². The standard InChI is InChI=1S/C23H34N2O3S/c1-4-6-10-19(5-2)18-24-23(26)13-9-16-25(29(3,27)28)22-15-14-20-11-7-8-12-21(20)17-22/h7-8,11-12,14-15,17,19H,4-6,9-10,13,16,18H2,1-3H3,(H,24,26)/t19-/m1/s1. The number of sulfonamides is 1. The fourth-order valence-corrected chi connectivity index (χ4v) is 4.45. The Morgan fingerprint density at radius 2 is 1.79 bits per heavy atom. The average molecular weight is 419 g/mol. The summed E-state index contributed by atoms with van der Waals surface area (Å²) in [5, 5.41) is 5.07. The van der Waals surface area contributed by atoms with Crippen molar-refractivity contribution in [1.29, 1.82) is 0 Å². The number of nitrogens with one attached hydrogen (secondary N) is 1. The van der Waals surface area contributed by atoms with Crippen LogP contribution in [0.5, 0.6) is 0 Å². The molecule has 0 aliphatic carbocycles. The van der Waals surface area contributed by atoms with Crippen LogP contribution in [0.15, 0.2) is 42.5 Å². The van der Waals surface area contributed by atoms with Crippen LogP contribution < -0.4 is 9.62 Å². The predicted molar refractivity (Wildman–Crippen MR) is 122 cm³/mol. The zero-order valence-electron chi connectivity index (χ0n) is 17.9. The molecular weight excluding hydrogens is 384 g/mol. The van der Waals surface area contributed by atoms with Gasteiger partial charge in [0.1, 0.15) is 0 Å². The van der Waals surface area contributed by atoms with E-state index in [2.05, 4.69) is 19.2 Å². The molecule has 6 heteroatoms. The molecule has 1 amide bonds. The quantitative estimate of drug-likeness (QED) is 0.542. The largest absolute Gasteiger partial charge is 0.356 e. The number of unbranched alkanes of at least 4 members (excludes halogenated alkanes) is 1. The van der Waals surface area contributed by atoms with Gasteiger partial charge in [-0.3, -0.25) is 9.10 Å². The molecule has 0 saturated heterocycles. The molecule has 0 unspecified atom stereocenters. The number of benzene rings is 2. The summed E-state index contributed by atoms with van der Waals surface area (Å²) >= 11 is 0. The van der Waals surface area contributed by atoms with E-state index in [9.17, 15) is 13.2 Å². The van der Waals surface area contributed by atoms with Crippen molar-refractivity contribution < 1.29 is 13.2 Å². The molecule has 0 aliphatic heterocycles. The molecule has 0 radical (unpaired) electrons. The highest BCUT2D eigenvalue weighted by Crippen LogP contribution is 2.24. The van der Waals surface area contributed by atoms with Gasteiger partial charge in [-0.15, -0.1) is 0 Å². The Bertz CT molecular complexity index is 896. The fourth-order valence-electron chi connectivity index (χ4n) is 3.49. The molecule has 160 valence electrons. The molecule has 1 N–H and O–H groups in total. The second kappa shape index (κ2) is 11.2. The Morgan fingerprint density at radius 1 is 1.07 bits per heavy atom. The van der Waals surface area contributed by atoms with Crippen molar-refractivity contribution in [2.75, 3.05) is 23.7 Å². The van der Waals surface area contributed by atoms with Gasteiger partial charge in [-0.1, -0.05) is 63.4 Å². The van der Waals surface area contributed by atoms with Crippen LogP contribution in [0.25, 0.3) is 10.8 Å². The van der Waals surface area contributed by atoms with E-state index in [1.165, 1.54) is 23.4 Å². The third kappa shape index (κ3) is 7.35. The molecule has 0 fully saturated rings. The lowest BCUT2D eigenvalue weighted by atomic mass is 9.99. The van der Waals surface area contributed by atoms with Crippen molar-refractivity contribution in [2.24, 2.45) is 5.92 Å². The minimum atomic E-state index is -3.42. The highest BCUT2D eigenvalue weighted by Gasteiger charge is 2.18. The van der Waals surface area contributed by atoms with Gasteiger partial charge in [0.25, 0.3) is 0 Å². The van der Waals surface area contributed by atoms with Crippen LogP contribution in [0.2, 0.25) is 0 Å². The highest BCUT2D eigenvalue weighted by atomic mass is 32.2. The Kier molecular flexibility index (Phi) is 8.96. The molecule has 0 spiro atoms. The van der Waals surface area contributed by atoms with Crippen LogP contribution >= 0.6 is 0 Å². The molecule has 2 rings (SSSR count). The first kappa shape index (κ1) is 23.2. The second-order valence-corrected chi connectivity index (χ2v) is 9.60. The molecule has 1 atom stereocenters. The summed E-state index contributed by atoms with van der Waals surface area (Å²) in [5.74, 6) is 0.510. The van der Waals surface area contributed by atoms with Gasteiger partial charge in [0.15, 0.2) is 0 Å². The zero-order chi connectivity index (χ0) is 21.3. The Hall–Kier alpha value is -2.08. The van der Waals surface area contributed by atoms with E-state index in [0.717, 1.165) is 23.6 Å². The Labute approximate surface area is 175 Å². The van der Waals surface area contributed by atoms with E-state index in [4.69, 9.17) is 0 Å². The summed E-state index contributed by atoms with van der Waals surface area (Å²) in [7, 11) is -3.42. The third-order valence-electron chi connectivity index (χ3n) is 5.32. The number of nitrogens with zero attached hydrogens (tertiary/aromatic N) is 1. The molecular formula is C23H34N2O3S. The molecule has 2 aromatic carbocycles. The van der Waals surface area contributed by atoms with Crippen molar-refractivity contribution in [3.63, 3.8) is 0 Å². The van der Waals surface area contributed by atoms with Crippen molar-refractivity contribution in [3.05, 3.63) is 42.5 Å². The van der Waals surface area contributed by atoms with E-state index >= 15 is 0 Å². The lowest BCUT2D eigenvalue weighted by molar-refractivity contribution is -0.121. The minimum absolute atomic E-state index is 0.00749. The Morgan fingerprint density at radius 3 is 2.45 bits per heavy atom. The fraction of sp³-hybridized carbons (Fsp3) is 0.522. The van der Waals surface area contributed by atoms with E-state index in [1.54, 1.807) is 0 Å². The first-order chi connectivity index (χ1) is 13.8. The summed E-state index contributed by atoms with van der Waals surface area (Å²) in [6.45, 7) is 5.32. The maximum Gasteiger partial charge on any atom is 0.232 e. The van der Waals surface area contributed by atoms with Crippen LogP contribution in [-0.4, -0.2) is 33.7 Å².